The first-order valence-electron chi connectivity index (χ1n) is 5.78. The molecule has 6 nitrogen and oxygen atoms in total. The number of rotatable bonds is 3. The van der Waals surface area contributed by atoms with Crippen molar-refractivity contribution in [1.82, 2.24) is 15.1 Å². The Kier molecular flexibility index (Phi) is 4.37. The van der Waals surface area contributed by atoms with E-state index in [9.17, 15) is 4.79 Å². The van der Waals surface area contributed by atoms with Crippen LogP contribution in [0.1, 0.15) is 0 Å². The molecule has 0 spiro atoms. The number of carbonyl (C=O) groups excluding carboxylic acids is 1. The van der Waals surface area contributed by atoms with Crippen LogP contribution in [0.5, 0.6) is 11.5 Å². The van der Waals surface area contributed by atoms with Crippen LogP contribution in [-0.4, -0.2) is 35.2 Å². The zero-order chi connectivity index (χ0) is 14.5. The largest absolute Gasteiger partial charge is 0.454 e. The molecule has 104 valence electrons. The first-order valence-corrected chi connectivity index (χ1v) is 6.16. The second-order valence-electron chi connectivity index (χ2n) is 4.15. The van der Waals surface area contributed by atoms with Crippen LogP contribution in [0, 0.1) is 0 Å². The molecule has 0 bridgehead atoms. The highest BCUT2D eigenvalue weighted by atomic mass is 35.5. The lowest BCUT2D eigenvalue weighted by molar-refractivity contribution is 0.230. The number of halogens is 1. The number of nitrogens with one attached hydrogen (secondary N) is 1. The fraction of sp³-hybridized carbons (Fsp3) is 0.154. The van der Waals surface area contributed by atoms with Gasteiger partial charge in [-0.2, -0.15) is 10.2 Å². The molecule has 0 radical (unpaired) electrons. The first-order chi connectivity index (χ1) is 9.56. The van der Waals surface area contributed by atoms with Crippen molar-refractivity contribution in [2.24, 2.45) is 0 Å². The van der Waals surface area contributed by atoms with Gasteiger partial charge in [0.2, 0.25) is 0 Å². The highest BCUT2D eigenvalue weighted by Crippen LogP contribution is 2.27. The molecular weight excluding hydrogens is 280 g/mol. The molecule has 0 aliphatic heterocycles. The molecule has 0 aliphatic carbocycles. The molecule has 2 rings (SSSR count). The summed E-state index contributed by atoms with van der Waals surface area (Å²) in [6.07, 6.45) is 2.84. The quantitative estimate of drug-likeness (QED) is 0.944. The third-order valence-corrected chi connectivity index (χ3v) is 2.67. The third-order valence-electron chi connectivity index (χ3n) is 2.39. The number of carbonyl (C=O) groups is 1. The molecule has 1 heterocycles. The number of aromatic nitrogens is 2. The lowest BCUT2D eigenvalue weighted by Crippen LogP contribution is -2.27. The smallest absolute Gasteiger partial charge is 0.321 e. The Balaban J connectivity index is 2.05. The molecule has 0 aliphatic rings. The number of hydrogen-bond donors (Lipinski definition) is 1. The number of urea groups is 1. The van der Waals surface area contributed by atoms with Gasteiger partial charge in [-0.1, -0.05) is 11.6 Å². The predicted molar refractivity (Wildman–Crippen MR) is 76.3 cm³/mol. The maximum atomic E-state index is 11.5. The number of benzene rings is 1. The molecule has 2 amide bonds. The van der Waals surface area contributed by atoms with Gasteiger partial charge in [-0.05, 0) is 24.3 Å². The Bertz CT molecular complexity index is 602. The van der Waals surface area contributed by atoms with Crippen LogP contribution < -0.4 is 10.1 Å². The molecule has 0 saturated carbocycles. The first kappa shape index (κ1) is 14.1. The van der Waals surface area contributed by atoms with Gasteiger partial charge < -0.3 is 15.0 Å². The van der Waals surface area contributed by atoms with Crippen LogP contribution in [0.3, 0.4) is 0 Å². The lowest BCUT2D eigenvalue weighted by Gasteiger charge is -2.12. The highest BCUT2D eigenvalue weighted by Gasteiger charge is 2.06. The SMILES string of the molecule is CN(C)C(=O)Nc1ccc(Oc2cnncc2Cl)cc1. The fourth-order valence-electron chi connectivity index (χ4n) is 1.34. The Morgan fingerprint density at radius 2 is 1.85 bits per heavy atom. The number of amides is 2. The fourth-order valence-corrected chi connectivity index (χ4v) is 1.47. The zero-order valence-electron chi connectivity index (χ0n) is 11.0. The van der Waals surface area contributed by atoms with Gasteiger partial charge >= 0.3 is 6.03 Å². The summed E-state index contributed by atoms with van der Waals surface area (Å²) < 4.78 is 5.56. The van der Waals surface area contributed by atoms with Crippen molar-refractivity contribution < 1.29 is 9.53 Å². The van der Waals surface area contributed by atoms with Gasteiger partial charge in [-0.25, -0.2) is 4.79 Å². The van der Waals surface area contributed by atoms with Crippen molar-refractivity contribution in [1.29, 1.82) is 0 Å². The van der Waals surface area contributed by atoms with Gasteiger partial charge in [0.15, 0.2) is 5.75 Å². The van der Waals surface area contributed by atoms with Crippen LogP contribution in [0.2, 0.25) is 5.02 Å². The predicted octanol–water partition coefficient (Wildman–Crippen LogP) is 3.02. The van der Waals surface area contributed by atoms with Crippen LogP contribution >= 0.6 is 11.6 Å². The Morgan fingerprint density at radius 1 is 1.20 bits per heavy atom. The minimum Gasteiger partial charge on any atom is -0.454 e. The molecule has 0 saturated heterocycles. The second kappa shape index (κ2) is 6.21. The third kappa shape index (κ3) is 3.58. The lowest BCUT2D eigenvalue weighted by atomic mass is 10.3. The Morgan fingerprint density at radius 3 is 2.45 bits per heavy atom. The van der Waals surface area contributed by atoms with E-state index in [4.69, 9.17) is 16.3 Å². The topological polar surface area (TPSA) is 67.4 Å². The van der Waals surface area contributed by atoms with E-state index in [1.165, 1.54) is 17.3 Å². The van der Waals surface area contributed by atoms with Crippen molar-refractivity contribution >= 4 is 23.3 Å². The molecule has 1 N–H and O–H groups in total. The summed E-state index contributed by atoms with van der Waals surface area (Å²) in [5, 5.41) is 10.4. The van der Waals surface area contributed by atoms with Crippen LogP contribution in [0.4, 0.5) is 10.5 Å². The van der Waals surface area contributed by atoms with E-state index in [-0.39, 0.29) is 6.03 Å². The monoisotopic (exact) mass is 292 g/mol. The van der Waals surface area contributed by atoms with Crippen LogP contribution in [-0.2, 0) is 0 Å². The van der Waals surface area contributed by atoms with Crippen molar-refractivity contribution in [3.05, 3.63) is 41.7 Å². The maximum Gasteiger partial charge on any atom is 0.321 e. The molecular formula is C13H13ClN4O2. The summed E-state index contributed by atoms with van der Waals surface area (Å²) in [6.45, 7) is 0. The van der Waals surface area contributed by atoms with Crippen molar-refractivity contribution in [2.45, 2.75) is 0 Å². The van der Waals surface area contributed by atoms with E-state index < -0.39 is 0 Å². The van der Waals surface area contributed by atoms with Gasteiger partial charge in [0.05, 0.1) is 12.4 Å². The molecule has 1 aromatic carbocycles. The minimum atomic E-state index is -0.194. The van der Waals surface area contributed by atoms with Crippen molar-refractivity contribution in [3.8, 4) is 11.5 Å². The number of ether oxygens (including phenoxy) is 1. The minimum absolute atomic E-state index is 0.194. The van der Waals surface area contributed by atoms with Crippen molar-refractivity contribution in [3.63, 3.8) is 0 Å². The molecule has 20 heavy (non-hydrogen) atoms. The normalized spacial score (nSPS) is 9.95. The second-order valence-corrected chi connectivity index (χ2v) is 4.56. The summed E-state index contributed by atoms with van der Waals surface area (Å²) in [6, 6.07) is 6.72. The van der Waals surface area contributed by atoms with Crippen LogP contribution in [0.25, 0.3) is 0 Å². The van der Waals surface area contributed by atoms with E-state index in [1.807, 2.05) is 0 Å². The van der Waals surface area contributed by atoms with Gasteiger partial charge in [0, 0.05) is 19.8 Å². The molecule has 0 atom stereocenters. The Hall–Kier alpha value is -2.34. The number of anilines is 1. The molecule has 7 heteroatoms. The number of hydrogen-bond acceptors (Lipinski definition) is 4. The van der Waals surface area contributed by atoms with Gasteiger partial charge in [0.25, 0.3) is 0 Å². The van der Waals surface area contributed by atoms with Gasteiger partial charge in [-0.15, -0.1) is 0 Å². The van der Waals surface area contributed by atoms with E-state index in [0.29, 0.717) is 22.2 Å². The average Bonchev–Trinajstić information content (AvgIpc) is 2.43. The standard InChI is InChI=1S/C13H13ClN4O2/c1-18(2)13(19)17-9-3-5-10(6-4-9)20-12-8-16-15-7-11(12)14/h3-8H,1-2H3,(H,17,19). The molecule has 2 aromatic rings. The summed E-state index contributed by atoms with van der Waals surface area (Å²) in [5.41, 5.74) is 0.676. The van der Waals surface area contributed by atoms with E-state index >= 15 is 0 Å². The summed E-state index contributed by atoms with van der Waals surface area (Å²) in [4.78, 5) is 12.9. The molecule has 0 fully saturated rings. The summed E-state index contributed by atoms with van der Waals surface area (Å²) in [7, 11) is 3.34. The maximum absolute atomic E-state index is 11.5. The average molecular weight is 293 g/mol. The molecule has 0 unspecified atom stereocenters. The van der Waals surface area contributed by atoms with Crippen molar-refractivity contribution in [2.75, 3.05) is 19.4 Å². The van der Waals surface area contributed by atoms with E-state index in [2.05, 4.69) is 15.5 Å². The van der Waals surface area contributed by atoms with E-state index in [0.717, 1.165) is 0 Å². The zero-order valence-corrected chi connectivity index (χ0v) is 11.8. The Labute approximate surface area is 121 Å². The van der Waals surface area contributed by atoms with Crippen LogP contribution in [0.15, 0.2) is 36.7 Å². The van der Waals surface area contributed by atoms with Gasteiger partial charge in [-0.3, -0.25) is 0 Å². The van der Waals surface area contributed by atoms with Gasteiger partial charge in [0.1, 0.15) is 10.8 Å². The highest BCUT2D eigenvalue weighted by molar-refractivity contribution is 6.31. The summed E-state index contributed by atoms with van der Waals surface area (Å²) in [5.74, 6) is 1.01. The molecule has 1 aromatic heterocycles. The summed E-state index contributed by atoms with van der Waals surface area (Å²) >= 11 is 5.92. The van der Waals surface area contributed by atoms with E-state index in [1.54, 1.807) is 38.4 Å². The number of nitrogens with zero attached hydrogens (tertiary/aromatic N) is 3.